The lowest BCUT2D eigenvalue weighted by Crippen LogP contribution is -2.53. The number of fused-ring (bicyclic) bond motifs is 1. The summed E-state index contributed by atoms with van der Waals surface area (Å²) in [5.74, 6) is 0.810. The molecule has 0 bridgehead atoms. The fourth-order valence-electron chi connectivity index (χ4n) is 5.46. The number of aromatic hydroxyl groups is 1. The van der Waals surface area contributed by atoms with E-state index in [9.17, 15) is 9.90 Å². The average Bonchev–Trinajstić information content (AvgIpc) is 2.77. The number of hydrogen-bond donors (Lipinski definition) is 1. The van der Waals surface area contributed by atoms with Gasteiger partial charge in [-0.15, -0.1) is 0 Å². The van der Waals surface area contributed by atoms with Crippen molar-refractivity contribution in [3.8, 4) is 5.75 Å². The van der Waals surface area contributed by atoms with Gasteiger partial charge in [0.2, 0.25) is 5.43 Å². The molecule has 0 saturated heterocycles. The summed E-state index contributed by atoms with van der Waals surface area (Å²) in [6, 6.07) is 12.4. The Morgan fingerprint density at radius 2 is 1.76 bits per heavy atom. The number of hydrogen-bond acceptors (Lipinski definition) is 4. The predicted octanol–water partition coefficient (Wildman–Crippen LogP) is 4.49. The number of rotatable bonds is 5. The van der Waals surface area contributed by atoms with Gasteiger partial charge in [0, 0.05) is 31.3 Å². The first kappa shape index (κ1) is 20.2. The maximum absolute atomic E-state index is 12.2. The third-order valence-corrected chi connectivity index (χ3v) is 6.84. The Balaban J connectivity index is 1.89. The molecule has 0 radical (unpaired) electrons. The molecular formula is C24H33N3O2. The topological polar surface area (TPSA) is 48.7 Å². The number of benzene rings is 1. The highest BCUT2D eigenvalue weighted by Crippen LogP contribution is 2.46. The number of aromatic nitrogens is 1. The van der Waals surface area contributed by atoms with Crippen LogP contribution in [0.2, 0.25) is 0 Å². The maximum Gasteiger partial charge on any atom is 0.223 e. The second-order valence-electron chi connectivity index (χ2n) is 8.37. The molecule has 1 aliphatic heterocycles. The molecule has 4 rings (SSSR count). The van der Waals surface area contributed by atoms with Gasteiger partial charge in [0.25, 0.3) is 0 Å². The Bertz CT molecular complexity index is 873. The van der Waals surface area contributed by atoms with Crippen LogP contribution in [0.5, 0.6) is 5.75 Å². The Hall–Kier alpha value is -2.11. The lowest BCUT2D eigenvalue weighted by molar-refractivity contribution is -0.126. The van der Waals surface area contributed by atoms with Gasteiger partial charge in [-0.2, -0.15) is 0 Å². The minimum Gasteiger partial charge on any atom is -0.503 e. The minimum absolute atomic E-state index is 0.0562. The van der Waals surface area contributed by atoms with Gasteiger partial charge in [-0.05, 0) is 24.3 Å². The lowest BCUT2D eigenvalue weighted by Gasteiger charge is -2.50. The van der Waals surface area contributed by atoms with Gasteiger partial charge in [0.05, 0.1) is 12.2 Å². The van der Waals surface area contributed by atoms with E-state index in [0.717, 1.165) is 18.8 Å². The van der Waals surface area contributed by atoms with Crippen LogP contribution in [-0.2, 0) is 6.54 Å². The SMILES string of the molecule is CCN1Cc2c(O)c(=O)ccn2C(C(c2ccccc2)C2CCCCC2)N1CC. The highest BCUT2D eigenvalue weighted by atomic mass is 16.3. The van der Waals surface area contributed by atoms with Crippen molar-refractivity contribution >= 4 is 0 Å². The number of hydrazine groups is 1. The van der Waals surface area contributed by atoms with E-state index in [2.05, 4.69) is 58.8 Å². The highest BCUT2D eigenvalue weighted by Gasteiger charge is 2.41. The van der Waals surface area contributed by atoms with Gasteiger partial charge >= 0.3 is 0 Å². The van der Waals surface area contributed by atoms with Crippen molar-refractivity contribution in [1.29, 1.82) is 0 Å². The fourth-order valence-corrected chi connectivity index (χ4v) is 5.46. The summed E-state index contributed by atoms with van der Waals surface area (Å²) >= 11 is 0. The molecule has 0 spiro atoms. The van der Waals surface area contributed by atoms with Gasteiger partial charge in [-0.3, -0.25) is 4.79 Å². The summed E-state index contributed by atoms with van der Waals surface area (Å²) in [7, 11) is 0. The summed E-state index contributed by atoms with van der Waals surface area (Å²) in [6.07, 6.45) is 8.32. The summed E-state index contributed by atoms with van der Waals surface area (Å²) in [5, 5.41) is 15.4. The first-order valence-corrected chi connectivity index (χ1v) is 11.1. The van der Waals surface area contributed by atoms with Crippen LogP contribution in [0.4, 0.5) is 0 Å². The van der Waals surface area contributed by atoms with Crippen LogP contribution in [0, 0.1) is 5.92 Å². The van der Waals surface area contributed by atoms with Gasteiger partial charge in [-0.25, -0.2) is 10.0 Å². The van der Waals surface area contributed by atoms with Gasteiger partial charge in [0.15, 0.2) is 5.75 Å². The Morgan fingerprint density at radius 3 is 2.41 bits per heavy atom. The van der Waals surface area contributed by atoms with Crippen LogP contribution in [0.25, 0.3) is 0 Å². The average molecular weight is 396 g/mol. The summed E-state index contributed by atoms with van der Waals surface area (Å²) in [6.45, 7) is 6.65. The zero-order chi connectivity index (χ0) is 20.4. The van der Waals surface area contributed by atoms with E-state index in [1.165, 1.54) is 43.7 Å². The van der Waals surface area contributed by atoms with Gasteiger partial charge in [-0.1, -0.05) is 63.4 Å². The van der Waals surface area contributed by atoms with Crippen molar-refractivity contribution in [3.63, 3.8) is 0 Å². The zero-order valence-electron chi connectivity index (χ0n) is 17.6. The van der Waals surface area contributed by atoms with Crippen LogP contribution in [-0.4, -0.2) is 32.8 Å². The van der Waals surface area contributed by atoms with E-state index >= 15 is 0 Å². The molecule has 1 aliphatic carbocycles. The minimum atomic E-state index is -0.287. The second-order valence-corrected chi connectivity index (χ2v) is 8.37. The maximum atomic E-state index is 12.2. The number of likely N-dealkylation sites (N-methyl/N-ethyl adjacent to an activating group) is 1. The first-order chi connectivity index (χ1) is 14.2. The van der Waals surface area contributed by atoms with Gasteiger partial charge < -0.3 is 9.67 Å². The second kappa shape index (κ2) is 8.72. The number of pyridine rings is 1. The van der Waals surface area contributed by atoms with Crippen LogP contribution in [0.3, 0.4) is 0 Å². The molecule has 2 heterocycles. The van der Waals surface area contributed by atoms with E-state index in [0.29, 0.717) is 18.4 Å². The molecular weight excluding hydrogens is 362 g/mol. The molecule has 5 nitrogen and oxygen atoms in total. The molecule has 2 aliphatic rings. The quantitative estimate of drug-likeness (QED) is 0.810. The molecule has 0 amide bonds. The molecule has 1 N–H and O–H groups in total. The summed E-state index contributed by atoms with van der Waals surface area (Å²) < 4.78 is 2.18. The molecule has 2 aromatic rings. The third kappa shape index (κ3) is 3.74. The largest absolute Gasteiger partial charge is 0.503 e. The van der Waals surface area contributed by atoms with Crippen molar-refractivity contribution in [2.75, 3.05) is 13.1 Å². The first-order valence-electron chi connectivity index (χ1n) is 11.1. The van der Waals surface area contributed by atoms with Crippen molar-refractivity contribution in [2.45, 2.75) is 64.6 Å². The van der Waals surface area contributed by atoms with Crippen molar-refractivity contribution in [3.05, 3.63) is 64.1 Å². The Kier molecular flexibility index (Phi) is 6.07. The van der Waals surface area contributed by atoms with Crippen molar-refractivity contribution in [2.24, 2.45) is 5.92 Å². The van der Waals surface area contributed by atoms with Crippen LogP contribution >= 0.6 is 0 Å². The summed E-state index contributed by atoms with van der Waals surface area (Å²) in [5.41, 5.74) is 1.81. The predicted molar refractivity (Wildman–Crippen MR) is 116 cm³/mol. The van der Waals surface area contributed by atoms with E-state index < -0.39 is 0 Å². The third-order valence-electron chi connectivity index (χ3n) is 6.84. The molecule has 1 saturated carbocycles. The van der Waals surface area contributed by atoms with E-state index in [4.69, 9.17) is 0 Å². The van der Waals surface area contributed by atoms with E-state index in [1.807, 2.05) is 6.20 Å². The zero-order valence-corrected chi connectivity index (χ0v) is 17.6. The monoisotopic (exact) mass is 395 g/mol. The molecule has 2 atom stereocenters. The fraction of sp³-hybridized carbons (Fsp3) is 0.542. The highest BCUT2D eigenvalue weighted by molar-refractivity contribution is 5.30. The van der Waals surface area contributed by atoms with Crippen molar-refractivity contribution < 1.29 is 5.11 Å². The molecule has 156 valence electrons. The van der Waals surface area contributed by atoms with E-state index in [1.54, 1.807) is 0 Å². The van der Waals surface area contributed by atoms with E-state index in [-0.39, 0.29) is 17.3 Å². The molecule has 2 unspecified atom stereocenters. The van der Waals surface area contributed by atoms with Crippen LogP contribution < -0.4 is 5.43 Å². The normalized spacial score (nSPS) is 22.3. The molecule has 5 heteroatoms. The van der Waals surface area contributed by atoms with Crippen LogP contribution in [0.1, 0.15) is 69.3 Å². The molecule has 1 aromatic carbocycles. The smallest absolute Gasteiger partial charge is 0.223 e. The molecule has 1 fully saturated rings. The summed E-state index contributed by atoms with van der Waals surface area (Å²) in [4.78, 5) is 12.2. The standard InChI is InChI=1S/C24H33N3O2/c1-3-25-17-20-23(29)21(28)15-16-26(20)24(27(25)4-2)22(18-11-7-5-8-12-18)19-13-9-6-10-14-19/h5,7-8,11-12,15-16,19,22,24,29H,3-4,6,9-10,13-14,17H2,1-2H3. The van der Waals surface area contributed by atoms with Gasteiger partial charge in [0.1, 0.15) is 6.17 Å². The lowest BCUT2D eigenvalue weighted by atomic mass is 9.74. The molecule has 1 aromatic heterocycles. The number of nitrogens with zero attached hydrogens (tertiary/aromatic N) is 3. The molecule has 29 heavy (non-hydrogen) atoms. The van der Waals surface area contributed by atoms with Crippen LogP contribution in [0.15, 0.2) is 47.4 Å². The Morgan fingerprint density at radius 1 is 1.03 bits per heavy atom. The van der Waals surface area contributed by atoms with Crippen molar-refractivity contribution in [1.82, 2.24) is 14.6 Å². The Labute approximate surface area is 173 Å².